The van der Waals surface area contributed by atoms with E-state index in [9.17, 15) is 0 Å². The predicted octanol–water partition coefficient (Wildman–Crippen LogP) is 2.11. The highest BCUT2D eigenvalue weighted by molar-refractivity contribution is 5.90. The Balaban J connectivity index is 1.84. The zero-order valence-electron chi connectivity index (χ0n) is 12.1. The molecule has 1 saturated carbocycles. The molecule has 1 aromatic carbocycles. The Morgan fingerprint density at radius 3 is 2.75 bits per heavy atom. The number of nitrogens with two attached hydrogens (primary N) is 1. The van der Waals surface area contributed by atoms with E-state index in [1.807, 2.05) is 18.2 Å². The first-order valence-corrected chi connectivity index (χ1v) is 7.02. The molecule has 1 aliphatic carbocycles. The Hall–Kier alpha value is -1.88. The van der Waals surface area contributed by atoms with Crippen LogP contribution in [-0.4, -0.2) is 41.0 Å². The van der Waals surface area contributed by atoms with E-state index >= 15 is 0 Å². The van der Waals surface area contributed by atoms with Crippen molar-refractivity contribution in [3.05, 3.63) is 24.5 Å². The molecular weight excluding hydrogens is 250 g/mol. The molecule has 0 spiro atoms. The van der Waals surface area contributed by atoms with E-state index < -0.39 is 0 Å². The largest absolute Gasteiger partial charge is 0.399 e. The molecule has 0 amide bonds. The van der Waals surface area contributed by atoms with Gasteiger partial charge in [-0.3, -0.25) is 0 Å². The third-order valence-corrected chi connectivity index (χ3v) is 4.48. The number of nitrogen functional groups attached to an aromatic ring is 1. The Bertz CT molecular complexity index is 619. The molecule has 3 N–H and O–H groups in total. The first-order chi connectivity index (χ1) is 9.61. The SMILES string of the molecule is CN(C)C1(CNc2ncnc3cc(N)ccc23)CCC1. The quantitative estimate of drug-likeness (QED) is 0.834. The molecular formula is C15H21N5. The lowest BCUT2D eigenvalue weighted by molar-refractivity contribution is 0.0738. The minimum Gasteiger partial charge on any atom is -0.399 e. The summed E-state index contributed by atoms with van der Waals surface area (Å²) in [5.41, 5.74) is 7.68. The molecule has 5 heteroatoms. The molecule has 0 saturated heterocycles. The van der Waals surface area contributed by atoms with Crippen molar-refractivity contribution in [2.24, 2.45) is 0 Å². The van der Waals surface area contributed by atoms with Gasteiger partial charge in [0.2, 0.25) is 0 Å². The van der Waals surface area contributed by atoms with Crippen LogP contribution in [0, 0.1) is 0 Å². The summed E-state index contributed by atoms with van der Waals surface area (Å²) in [7, 11) is 4.30. The lowest BCUT2D eigenvalue weighted by Gasteiger charge is -2.47. The maximum atomic E-state index is 5.80. The van der Waals surface area contributed by atoms with Gasteiger partial charge in [0.05, 0.1) is 5.52 Å². The lowest BCUT2D eigenvalue weighted by Crippen LogP contribution is -2.54. The van der Waals surface area contributed by atoms with Crippen molar-refractivity contribution in [2.45, 2.75) is 24.8 Å². The fourth-order valence-corrected chi connectivity index (χ4v) is 2.83. The fraction of sp³-hybridized carbons (Fsp3) is 0.467. The molecule has 1 aromatic heterocycles. The van der Waals surface area contributed by atoms with Crippen LogP contribution in [0.2, 0.25) is 0 Å². The van der Waals surface area contributed by atoms with Gasteiger partial charge in [-0.15, -0.1) is 0 Å². The standard InChI is InChI=1S/C15H21N5/c1-20(2)15(6-3-7-15)9-17-14-12-5-4-11(16)8-13(12)18-10-19-14/h4-5,8,10H,3,6-7,9,16H2,1-2H3,(H,17,18,19). The molecule has 106 valence electrons. The molecule has 0 atom stereocenters. The van der Waals surface area contributed by atoms with Gasteiger partial charge in [0.1, 0.15) is 12.1 Å². The number of aromatic nitrogens is 2. The second-order valence-corrected chi connectivity index (χ2v) is 5.82. The van der Waals surface area contributed by atoms with Crippen molar-refractivity contribution in [3.63, 3.8) is 0 Å². The number of nitrogens with one attached hydrogen (secondary N) is 1. The smallest absolute Gasteiger partial charge is 0.137 e. The minimum atomic E-state index is 0.269. The number of anilines is 2. The van der Waals surface area contributed by atoms with Gasteiger partial charge in [-0.25, -0.2) is 9.97 Å². The van der Waals surface area contributed by atoms with Crippen LogP contribution in [-0.2, 0) is 0 Å². The molecule has 0 bridgehead atoms. The van der Waals surface area contributed by atoms with Gasteiger partial charge in [0.15, 0.2) is 0 Å². The fourth-order valence-electron chi connectivity index (χ4n) is 2.83. The number of fused-ring (bicyclic) bond motifs is 1. The zero-order valence-corrected chi connectivity index (χ0v) is 12.1. The minimum absolute atomic E-state index is 0.269. The molecule has 3 rings (SSSR count). The molecule has 0 aliphatic heterocycles. The van der Waals surface area contributed by atoms with E-state index in [4.69, 9.17) is 5.73 Å². The van der Waals surface area contributed by atoms with Crippen LogP contribution in [0.25, 0.3) is 10.9 Å². The van der Waals surface area contributed by atoms with Crippen molar-refractivity contribution in [1.82, 2.24) is 14.9 Å². The van der Waals surface area contributed by atoms with Gasteiger partial charge in [-0.05, 0) is 51.6 Å². The van der Waals surface area contributed by atoms with Crippen LogP contribution < -0.4 is 11.1 Å². The molecule has 20 heavy (non-hydrogen) atoms. The van der Waals surface area contributed by atoms with Gasteiger partial charge in [0.25, 0.3) is 0 Å². The van der Waals surface area contributed by atoms with Crippen molar-refractivity contribution in [2.75, 3.05) is 31.7 Å². The maximum Gasteiger partial charge on any atom is 0.137 e. The van der Waals surface area contributed by atoms with Crippen LogP contribution in [0.4, 0.5) is 11.5 Å². The molecule has 0 unspecified atom stereocenters. The maximum absolute atomic E-state index is 5.80. The first-order valence-electron chi connectivity index (χ1n) is 7.02. The van der Waals surface area contributed by atoms with E-state index in [2.05, 4.69) is 34.3 Å². The summed E-state index contributed by atoms with van der Waals surface area (Å²) in [4.78, 5) is 11.0. The summed E-state index contributed by atoms with van der Waals surface area (Å²) < 4.78 is 0. The van der Waals surface area contributed by atoms with E-state index in [1.165, 1.54) is 19.3 Å². The van der Waals surface area contributed by atoms with Crippen molar-refractivity contribution >= 4 is 22.4 Å². The average molecular weight is 271 g/mol. The van der Waals surface area contributed by atoms with Crippen LogP contribution in [0.3, 0.4) is 0 Å². The summed E-state index contributed by atoms with van der Waals surface area (Å²) in [6, 6.07) is 5.76. The average Bonchev–Trinajstić information content (AvgIpc) is 2.36. The number of likely N-dealkylation sites (N-methyl/N-ethyl adjacent to an activating group) is 1. The monoisotopic (exact) mass is 271 g/mol. The van der Waals surface area contributed by atoms with Gasteiger partial charge < -0.3 is 16.0 Å². The zero-order chi connectivity index (χ0) is 14.2. The number of hydrogen-bond acceptors (Lipinski definition) is 5. The molecule has 2 aromatic rings. The lowest BCUT2D eigenvalue weighted by atomic mass is 9.75. The highest BCUT2D eigenvalue weighted by atomic mass is 15.2. The number of benzene rings is 1. The van der Waals surface area contributed by atoms with Gasteiger partial charge in [-0.2, -0.15) is 0 Å². The van der Waals surface area contributed by atoms with Crippen LogP contribution in [0.5, 0.6) is 0 Å². The highest BCUT2D eigenvalue weighted by Gasteiger charge is 2.38. The van der Waals surface area contributed by atoms with Crippen LogP contribution >= 0.6 is 0 Å². The normalized spacial score (nSPS) is 17.1. The Morgan fingerprint density at radius 2 is 2.10 bits per heavy atom. The highest BCUT2D eigenvalue weighted by Crippen LogP contribution is 2.36. The second-order valence-electron chi connectivity index (χ2n) is 5.82. The second kappa shape index (κ2) is 4.90. The number of hydrogen-bond donors (Lipinski definition) is 2. The predicted molar refractivity (Wildman–Crippen MR) is 82.7 cm³/mol. The van der Waals surface area contributed by atoms with Gasteiger partial charge in [0, 0.05) is 23.2 Å². The topological polar surface area (TPSA) is 67.1 Å². The summed E-state index contributed by atoms with van der Waals surface area (Å²) >= 11 is 0. The number of rotatable bonds is 4. The molecule has 0 radical (unpaired) electrons. The molecule has 5 nitrogen and oxygen atoms in total. The van der Waals surface area contributed by atoms with Crippen molar-refractivity contribution in [3.8, 4) is 0 Å². The molecule has 1 heterocycles. The van der Waals surface area contributed by atoms with E-state index in [1.54, 1.807) is 6.33 Å². The van der Waals surface area contributed by atoms with E-state index in [0.717, 1.165) is 29.0 Å². The van der Waals surface area contributed by atoms with Gasteiger partial charge >= 0.3 is 0 Å². The third-order valence-electron chi connectivity index (χ3n) is 4.48. The Morgan fingerprint density at radius 1 is 1.30 bits per heavy atom. The number of nitrogens with zero attached hydrogens (tertiary/aromatic N) is 3. The Kier molecular flexibility index (Phi) is 3.22. The summed E-state index contributed by atoms with van der Waals surface area (Å²) in [6.07, 6.45) is 5.38. The molecule has 1 fully saturated rings. The van der Waals surface area contributed by atoms with E-state index in [-0.39, 0.29) is 5.54 Å². The van der Waals surface area contributed by atoms with E-state index in [0.29, 0.717) is 0 Å². The summed E-state index contributed by atoms with van der Waals surface area (Å²) in [5.74, 6) is 0.892. The van der Waals surface area contributed by atoms with Crippen molar-refractivity contribution < 1.29 is 0 Å². The summed E-state index contributed by atoms with van der Waals surface area (Å²) in [5, 5.41) is 4.52. The Labute approximate surface area is 119 Å². The van der Waals surface area contributed by atoms with Crippen LogP contribution in [0.15, 0.2) is 24.5 Å². The third kappa shape index (κ3) is 2.18. The van der Waals surface area contributed by atoms with Crippen LogP contribution in [0.1, 0.15) is 19.3 Å². The van der Waals surface area contributed by atoms with Gasteiger partial charge in [-0.1, -0.05) is 0 Å². The van der Waals surface area contributed by atoms with Crippen molar-refractivity contribution in [1.29, 1.82) is 0 Å². The molecule has 1 aliphatic rings. The summed E-state index contributed by atoms with van der Waals surface area (Å²) in [6.45, 7) is 0.913. The first kappa shape index (κ1) is 13.1.